The minimum Gasteiger partial charge on any atom is -0.370 e. The van der Waals surface area contributed by atoms with E-state index in [-0.39, 0.29) is 41.7 Å². The van der Waals surface area contributed by atoms with Crippen LogP contribution in [0.2, 0.25) is 0 Å². The molecule has 1 rings (SSSR count). The smallest absolute Gasteiger partial charge is 0.185 e. The third-order valence-electron chi connectivity index (χ3n) is 3.00. The van der Waals surface area contributed by atoms with E-state index in [4.69, 9.17) is 11.1 Å². The van der Waals surface area contributed by atoms with Crippen molar-refractivity contribution in [1.82, 2.24) is 10.6 Å². The van der Waals surface area contributed by atoms with Crippen LogP contribution in [0.5, 0.6) is 0 Å². The summed E-state index contributed by atoms with van der Waals surface area (Å²) in [6.07, 6.45) is 0.905. The number of nitrogens with two attached hydrogens (primary N) is 1. The van der Waals surface area contributed by atoms with Crippen LogP contribution in [0.25, 0.3) is 0 Å². The second-order valence-corrected chi connectivity index (χ2v) is 5.42. The summed E-state index contributed by atoms with van der Waals surface area (Å²) in [5.41, 5.74) is 5.30. The van der Waals surface area contributed by atoms with Gasteiger partial charge >= 0.3 is 0 Å². The number of carbonyl (C=O) groups is 1. The van der Waals surface area contributed by atoms with Crippen LogP contribution in [0.3, 0.4) is 0 Å². The number of rotatable bonds is 6. The second-order valence-electron chi connectivity index (χ2n) is 5.42. The molecule has 1 saturated carbocycles. The highest BCUT2D eigenvalue weighted by Crippen LogP contribution is 2.35. The molecule has 5 N–H and O–H groups in total. The molecule has 0 bridgehead atoms. The lowest BCUT2D eigenvalue weighted by atomic mass is 9.97. The molecular weight excluding hydrogens is 216 g/mol. The maximum atomic E-state index is 12.1. The molecule has 1 fully saturated rings. The van der Waals surface area contributed by atoms with Crippen molar-refractivity contribution in [3.8, 4) is 0 Å². The van der Waals surface area contributed by atoms with Crippen LogP contribution < -0.4 is 16.4 Å². The largest absolute Gasteiger partial charge is 0.370 e. The zero-order valence-electron chi connectivity index (χ0n) is 11.1. The van der Waals surface area contributed by atoms with Gasteiger partial charge in [0.1, 0.15) is 0 Å². The van der Waals surface area contributed by atoms with Crippen molar-refractivity contribution in [3.05, 3.63) is 0 Å². The molecule has 0 aromatic rings. The molecule has 98 valence electrons. The van der Waals surface area contributed by atoms with Crippen LogP contribution in [0.15, 0.2) is 0 Å². The van der Waals surface area contributed by atoms with Crippen LogP contribution >= 0.6 is 0 Å². The predicted octanol–water partition coefficient (Wildman–Crippen LogP) is 0.450. The number of carbonyl (C=O) groups excluding carboxylic acids is 1. The normalized spacial score (nSPS) is 24.8. The van der Waals surface area contributed by atoms with Gasteiger partial charge in [0.05, 0.1) is 6.04 Å². The van der Waals surface area contributed by atoms with E-state index < -0.39 is 0 Å². The molecule has 0 radical (unpaired) electrons. The van der Waals surface area contributed by atoms with Gasteiger partial charge in [-0.2, -0.15) is 0 Å². The summed E-state index contributed by atoms with van der Waals surface area (Å²) < 4.78 is 0. The first-order valence-electron chi connectivity index (χ1n) is 6.23. The summed E-state index contributed by atoms with van der Waals surface area (Å²) in [5.74, 6) is 0.523. The molecule has 0 saturated heterocycles. The summed E-state index contributed by atoms with van der Waals surface area (Å²) >= 11 is 0. The summed E-state index contributed by atoms with van der Waals surface area (Å²) in [7, 11) is 0. The Hall–Kier alpha value is -1.10. The molecule has 5 heteroatoms. The van der Waals surface area contributed by atoms with Gasteiger partial charge in [0.15, 0.2) is 11.7 Å². The predicted molar refractivity (Wildman–Crippen MR) is 68.8 cm³/mol. The summed E-state index contributed by atoms with van der Waals surface area (Å²) in [6, 6.07) is 0.333. The molecule has 3 atom stereocenters. The van der Waals surface area contributed by atoms with Gasteiger partial charge in [-0.25, -0.2) is 0 Å². The number of nitrogens with one attached hydrogen (secondary N) is 3. The Kier molecular flexibility index (Phi) is 4.51. The van der Waals surface area contributed by atoms with Gasteiger partial charge in [0.25, 0.3) is 0 Å². The molecule has 0 aromatic heterocycles. The first-order valence-corrected chi connectivity index (χ1v) is 6.23. The first-order chi connectivity index (χ1) is 7.82. The molecule has 2 unspecified atom stereocenters. The maximum absolute atomic E-state index is 12.1. The zero-order chi connectivity index (χ0) is 13.2. The van der Waals surface area contributed by atoms with Crippen molar-refractivity contribution in [1.29, 1.82) is 5.41 Å². The summed E-state index contributed by atoms with van der Waals surface area (Å²) in [6.45, 7) is 7.92. The van der Waals surface area contributed by atoms with Crippen LogP contribution in [0.4, 0.5) is 0 Å². The molecular formula is C12H24N4O. The lowest BCUT2D eigenvalue weighted by Crippen LogP contribution is -2.46. The van der Waals surface area contributed by atoms with Gasteiger partial charge in [0.2, 0.25) is 0 Å². The number of hydrogen-bond donors (Lipinski definition) is 4. The van der Waals surface area contributed by atoms with Gasteiger partial charge in [0, 0.05) is 23.9 Å². The van der Waals surface area contributed by atoms with Gasteiger partial charge < -0.3 is 16.4 Å². The average molecular weight is 240 g/mol. The highest BCUT2D eigenvalue weighted by Gasteiger charge is 2.46. The van der Waals surface area contributed by atoms with Crippen molar-refractivity contribution in [3.63, 3.8) is 0 Å². The third-order valence-corrected chi connectivity index (χ3v) is 3.00. The quantitative estimate of drug-likeness (QED) is 0.401. The SMILES string of the molecule is CC(C)N[C@H](C(=O)C(C)C)C1CC1NC(=N)N. The Morgan fingerprint density at radius 2 is 1.94 bits per heavy atom. The van der Waals surface area contributed by atoms with Crippen molar-refractivity contribution < 1.29 is 4.79 Å². The van der Waals surface area contributed by atoms with E-state index >= 15 is 0 Å². The van der Waals surface area contributed by atoms with Gasteiger partial charge in [-0.1, -0.05) is 27.7 Å². The topological polar surface area (TPSA) is 91.0 Å². The van der Waals surface area contributed by atoms with Crippen molar-refractivity contribution in [2.24, 2.45) is 17.6 Å². The first kappa shape index (κ1) is 14.0. The van der Waals surface area contributed by atoms with E-state index in [0.717, 1.165) is 6.42 Å². The highest BCUT2D eigenvalue weighted by molar-refractivity contribution is 5.87. The van der Waals surface area contributed by atoms with E-state index in [1.165, 1.54) is 0 Å². The van der Waals surface area contributed by atoms with Crippen LogP contribution in [-0.2, 0) is 4.79 Å². The fourth-order valence-corrected chi connectivity index (χ4v) is 2.08. The molecule has 17 heavy (non-hydrogen) atoms. The maximum Gasteiger partial charge on any atom is 0.185 e. The Bertz CT molecular complexity index is 301. The van der Waals surface area contributed by atoms with E-state index in [9.17, 15) is 4.79 Å². The molecule has 0 aliphatic heterocycles. The molecule has 1 aliphatic carbocycles. The van der Waals surface area contributed by atoms with E-state index in [2.05, 4.69) is 10.6 Å². The average Bonchev–Trinajstić information content (AvgIpc) is 2.90. The third kappa shape index (κ3) is 4.00. The lowest BCUT2D eigenvalue weighted by Gasteiger charge is -2.22. The Morgan fingerprint density at radius 3 is 2.35 bits per heavy atom. The number of ketones is 1. The van der Waals surface area contributed by atoms with E-state index in [1.54, 1.807) is 0 Å². The van der Waals surface area contributed by atoms with Crippen LogP contribution in [0.1, 0.15) is 34.1 Å². The Labute approximate surface area is 103 Å². The van der Waals surface area contributed by atoms with Crippen molar-refractivity contribution in [2.75, 3.05) is 0 Å². The zero-order valence-corrected chi connectivity index (χ0v) is 11.1. The molecule has 0 spiro atoms. The van der Waals surface area contributed by atoms with E-state index in [0.29, 0.717) is 0 Å². The number of hydrogen-bond acceptors (Lipinski definition) is 3. The fourth-order valence-electron chi connectivity index (χ4n) is 2.08. The van der Waals surface area contributed by atoms with Gasteiger partial charge in [-0.05, 0) is 6.42 Å². The molecule has 5 nitrogen and oxygen atoms in total. The highest BCUT2D eigenvalue weighted by atomic mass is 16.1. The van der Waals surface area contributed by atoms with E-state index in [1.807, 2.05) is 27.7 Å². The van der Waals surface area contributed by atoms with Gasteiger partial charge in [-0.3, -0.25) is 10.2 Å². The second kappa shape index (κ2) is 5.49. The lowest BCUT2D eigenvalue weighted by molar-refractivity contribution is -0.124. The minimum absolute atomic E-state index is 0.0159. The monoisotopic (exact) mass is 240 g/mol. The standard InChI is InChI=1S/C12H24N4O/c1-6(2)11(17)10(15-7(3)4)8-5-9(8)16-12(13)14/h6-10,15H,5H2,1-4H3,(H4,13,14,16)/t8?,9?,10-/m0/s1. The fraction of sp³-hybridized carbons (Fsp3) is 0.833. The summed E-state index contributed by atoms with van der Waals surface area (Å²) in [5, 5.41) is 13.4. The molecule has 0 amide bonds. The van der Waals surface area contributed by atoms with Crippen molar-refractivity contribution in [2.45, 2.75) is 52.2 Å². The Balaban J connectivity index is 2.60. The molecule has 1 aliphatic rings. The molecule has 0 aromatic carbocycles. The molecule has 0 heterocycles. The van der Waals surface area contributed by atoms with Crippen LogP contribution in [0, 0.1) is 17.2 Å². The number of guanidine groups is 1. The summed E-state index contributed by atoms with van der Waals surface area (Å²) in [4.78, 5) is 12.1. The Morgan fingerprint density at radius 1 is 1.35 bits per heavy atom. The van der Waals surface area contributed by atoms with Crippen molar-refractivity contribution >= 4 is 11.7 Å². The van der Waals surface area contributed by atoms with Crippen LogP contribution in [-0.4, -0.2) is 29.9 Å². The minimum atomic E-state index is -0.119. The number of Topliss-reactive ketones (excluding diaryl/α,β-unsaturated/α-hetero) is 1. The van der Waals surface area contributed by atoms with Gasteiger partial charge in [-0.15, -0.1) is 0 Å².